The summed E-state index contributed by atoms with van der Waals surface area (Å²) in [5, 5.41) is 25.4. The average Bonchev–Trinajstić information content (AvgIpc) is 3.33. The Morgan fingerprint density at radius 1 is 1.31 bits per heavy atom. The number of fused-ring (bicyclic) bond motifs is 1. The topological polar surface area (TPSA) is 188 Å². The molecule has 5 N–H and O–H groups in total. The number of nitrogens with two attached hydrogens (primary N) is 1. The first-order chi connectivity index (χ1) is 19.3. The zero-order valence-electron chi connectivity index (χ0n) is 22.5. The number of amides is 2. The molecule has 2 aromatic rings. The molecule has 0 radical (unpaired) electrons. The van der Waals surface area contributed by atoms with E-state index in [1.54, 1.807) is 0 Å². The Balaban J connectivity index is 0.00000323. The second-order valence-electron chi connectivity index (χ2n) is 8.41. The molecule has 0 saturated carbocycles. The number of alkyl halides is 3. The van der Waals surface area contributed by atoms with E-state index in [1.165, 1.54) is 53.4 Å². The van der Waals surface area contributed by atoms with Crippen LogP contribution in [-0.2, 0) is 30.6 Å². The second-order valence-corrected chi connectivity index (χ2v) is 11.4. The molecular weight excluding hydrogens is 636 g/mol. The maximum absolute atomic E-state index is 13.0. The maximum Gasteiger partial charge on any atom is 1.00 e. The fourth-order valence-electron chi connectivity index (χ4n) is 3.78. The van der Waals surface area contributed by atoms with Crippen molar-refractivity contribution < 1.29 is 83.0 Å². The van der Waals surface area contributed by atoms with Gasteiger partial charge in [-0.2, -0.15) is 17.7 Å². The van der Waals surface area contributed by atoms with Gasteiger partial charge in [0.1, 0.15) is 22.8 Å². The fourth-order valence-corrected chi connectivity index (χ4v) is 6.70. The molecule has 4 heterocycles. The van der Waals surface area contributed by atoms with Crippen molar-refractivity contribution in [3.63, 3.8) is 0 Å². The van der Waals surface area contributed by atoms with Gasteiger partial charge in [-0.15, -0.1) is 34.9 Å². The Morgan fingerprint density at radius 3 is 2.57 bits per heavy atom. The van der Waals surface area contributed by atoms with Crippen molar-refractivity contribution in [2.24, 2.45) is 5.16 Å². The molecule has 0 bridgehead atoms. The van der Waals surface area contributed by atoms with Gasteiger partial charge in [-0.3, -0.25) is 14.5 Å². The molecule has 1 fully saturated rings. The standard InChI is InChI=1S/C22H19F3N6O7S3.Na.H/c23-22(24,25)9-30-3-1-11(2-4-30)39-6-10-7-40-19-15(18(35)31(19)16(10)20(36)37)28-17(34)14(29-38-5-13(32)33)12-8-41-21(26)27-12;;/h1-4,8,15,19H,5-7,9H2,(H4-,26,27,28,32,33,34,36,37);;/q;+1;-1/p+1/b29-14-;;/t15-,19-;;/m1../s1. The number of anilines is 1. The van der Waals surface area contributed by atoms with E-state index in [0.717, 1.165) is 20.8 Å². The number of hydrogen-bond acceptors (Lipinski definition) is 11. The monoisotopic (exact) mass is 657 g/mol. The number of aromatic nitrogens is 2. The zero-order valence-corrected chi connectivity index (χ0v) is 26.0. The molecule has 0 aromatic carbocycles. The van der Waals surface area contributed by atoms with Crippen LogP contribution >= 0.6 is 34.9 Å². The molecule has 42 heavy (non-hydrogen) atoms. The van der Waals surface area contributed by atoms with Crippen LogP contribution in [0.15, 0.2) is 51.2 Å². The summed E-state index contributed by atoms with van der Waals surface area (Å²) in [5.74, 6) is -3.91. The van der Waals surface area contributed by atoms with Crippen LogP contribution in [-0.4, -0.2) is 85.3 Å². The van der Waals surface area contributed by atoms with Gasteiger partial charge in [0.05, 0.1) is 0 Å². The molecule has 0 unspecified atom stereocenters. The number of aliphatic carboxylic acids is 2. The first kappa shape index (κ1) is 33.7. The van der Waals surface area contributed by atoms with Gasteiger partial charge in [0.25, 0.3) is 11.8 Å². The summed E-state index contributed by atoms with van der Waals surface area (Å²) in [7, 11) is 0. The quantitative estimate of drug-likeness (QED) is 0.0524. The van der Waals surface area contributed by atoms with Gasteiger partial charge < -0.3 is 27.5 Å². The molecule has 0 aliphatic carbocycles. The number of nitrogens with zero attached hydrogens (tertiary/aromatic N) is 4. The van der Waals surface area contributed by atoms with Gasteiger partial charge in [-0.05, 0) is 5.57 Å². The van der Waals surface area contributed by atoms with Crippen LogP contribution < -0.4 is 45.2 Å². The Bertz CT molecular complexity index is 1440. The summed E-state index contributed by atoms with van der Waals surface area (Å²) in [6.45, 7) is -1.98. The van der Waals surface area contributed by atoms with Crippen molar-refractivity contribution in [1.29, 1.82) is 0 Å². The van der Waals surface area contributed by atoms with E-state index >= 15 is 0 Å². The van der Waals surface area contributed by atoms with Crippen molar-refractivity contribution in [2.75, 3.05) is 23.8 Å². The van der Waals surface area contributed by atoms with Crippen LogP contribution in [0.3, 0.4) is 0 Å². The molecule has 1 saturated heterocycles. The van der Waals surface area contributed by atoms with Crippen LogP contribution in [0.25, 0.3) is 0 Å². The zero-order chi connectivity index (χ0) is 29.9. The first-order valence-electron chi connectivity index (χ1n) is 11.4. The van der Waals surface area contributed by atoms with E-state index in [-0.39, 0.29) is 59.0 Å². The molecule has 4 rings (SSSR count). The average molecular weight is 658 g/mol. The largest absolute Gasteiger partial charge is 1.00 e. The summed E-state index contributed by atoms with van der Waals surface area (Å²) < 4.78 is 38.7. The summed E-state index contributed by atoms with van der Waals surface area (Å²) in [5.41, 5.74) is 5.37. The van der Waals surface area contributed by atoms with Gasteiger partial charge in [0.15, 0.2) is 23.2 Å². The molecule has 2 aliphatic rings. The van der Waals surface area contributed by atoms with E-state index in [0.29, 0.717) is 10.5 Å². The number of carboxylic acid groups (broad SMARTS) is 2. The van der Waals surface area contributed by atoms with Gasteiger partial charge >= 0.3 is 47.7 Å². The summed E-state index contributed by atoms with van der Waals surface area (Å²) in [6, 6.07) is 1.84. The number of nitrogen functional groups attached to an aromatic ring is 1. The second kappa shape index (κ2) is 14.1. The number of carbonyl (C=O) groups excluding carboxylic acids is 2. The smallest absolute Gasteiger partial charge is 1.00 e. The van der Waals surface area contributed by atoms with Crippen molar-refractivity contribution in [3.8, 4) is 0 Å². The predicted molar refractivity (Wildman–Crippen MR) is 141 cm³/mol. The summed E-state index contributed by atoms with van der Waals surface area (Å²) >= 11 is 3.41. The minimum Gasteiger partial charge on any atom is -1.00 e. The van der Waals surface area contributed by atoms with E-state index in [9.17, 15) is 37.5 Å². The van der Waals surface area contributed by atoms with Crippen molar-refractivity contribution in [1.82, 2.24) is 15.2 Å². The van der Waals surface area contributed by atoms with Gasteiger partial charge in [-0.1, -0.05) is 5.16 Å². The van der Waals surface area contributed by atoms with Gasteiger partial charge in [0, 0.05) is 33.9 Å². The maximum atomic E-state index is 13.0. The molecule has 2 amide bonds. The number of thiazole rings is 1. The fraction of sp³-hybridized carbons (Fsp3) is 0.318. The number of rotatable bonds is 11. The Kier molecular flexibility index (Phi) is 11.3. The van der Waals surface area contributed by atoms with Crippen molar-refractivity contribution in [3.05, 3.63) is 46.9 Å². The van der Waals surface area contributed by atoms with Crippen molar-refractivity contribution >= 4 is 69.5 Å². The summed E-state index contributed by atoms with van der Waals surface area (Å²) in [6.07, 6.45) is -1.83. The number of hydrogen-bond donors (Lipinski definition) is 4. The Morgan fingerprint density at radius 2 is 2.00 bits per heavy atom. The molecule has 0 spiro atoms. The number of β-lactam (4-membered cyclic amide) rings is 1. The number of carboxylic acids is 2. The molecule has 13 nitrogen and oxygen atoms in total. The van der Waals surface area contributed by atoms with Gasteiger partial charge in [-0.25, -0.2) is 14.6 Å². The number of thioether (sulfide) groups is 2. The van der Waals surface area contributed by atoms with E-state index in [1.807, 2.05) is 0 Å². The van der Waals surface area contributed by atoms with Crippen LogP contribution in [0.2, 0.25) is 0 Å². The minimum atomic E-state index is -4.37. The Hall–Kier alpha value is -2.84. The number of carbonyl (C=O) groups is 4. The molecule has 2 aromatic heterocycles. The number of oxime groups is 1. The first-order valence-corrected chi connectivity index (χ1v) is 14.3. The predicted octanol–water partition coefficient (Wildman–Crippen LogP) is -1.97. The number of halogens is 3. The van der Waals surface area contributed by atoms with Crippen LogP contribution in [0.4, 0.5) is 18.3 Å². The van der Waals surface area contributed by atoms with E-state index in [4.69, 9.17) is 10.8 Å². The van der Waals surface area contributed by atoms with Crippen molar-refractivity contribution in [2.45, 2.75) is 29.0 Å². The van der Waals surface area contributed by atoms with E-state index in [2.05, 4.69) is 20.3 Å². The SMILES string of the molecule is Nc1nc(/C(=N/OCC(=O)O)C(=O)N[C@@H]2C(=O)N3C(C(=O)O)=C(CSc4cc[n+](CC(F)(F)F)cc4)CS[C@H]23)cs1.[H-].[Na+]. The van der Waals surface area contributed by atoms with Crippen LogP contribution in [0, 0.1) is 0 Å². The van der Waals surface area contributed by atoms with E-state index < -0.39 is 60.2 Å². The Labute approximate surface area is 271 Å². The molecular formula is C22H21F3N6NaO7S3+. The van der Waals surface area contributed by atoms with Crippen LogP contribution in [0.5, 0.6) is 0 Å². The third-order valence-electron chi connectivity index (χ3n) is 5.50. The third-order valence-corrected chi connectivity index (χ3v) is 8.61. The van der Waals surface area contributed by atoms with Crippen LogP contribution in [0.1, 0.15) is 7.12 Å². The number of nitrogens with one attached hydrogen (secondary N) is 1. The molecule has 20 heteroatoms. The summed E-state index contributed by atoms with van der Waals surface area (Å²) in [4.78, 5) is 59.1. The minimum absolute atomic E-state index is 0. The number of pyridine rings is 1. The molecule has 2 aliphatic heterocycles. The molecule has 2 atom stereocenters. The van der Waals surface area contributed by atoms with Gasteiger partial charge in [0.2, 0.25) is 13.2 Å². The normalized spacial score (nSPS) is 18.5. The molecule has 220 valence electrons. The third kappa shape index (κ3) is 8.16.